The lowest BCUT2D eigenvalue weighted by atomic mass is 9.93. The van der Waals surface area contributed by atoms with E-state index in [1.165, 1.54) is 29.1 Å². The lowest BCUT2D eigenvalue weighted by molar-refractivity contribution is -0.274. The van der Waals surface area contributed by atoms with Crippen LogP contribution in [-0.4, -0.2) is 60.7 Å². The van der Waals surface area contributed by atoms with Crippen LogP contribution < -0.4 is 4.74 Å². The normalized spacial score (nSPS) is 15.2. The Morgan fingerprint density at radius 3 is 2.60 bits per heavy atom. The molecule has 0 atom stereocenters. The summed E-state index contributed by atoms with van der Waals surface area (Å²) >= 11 is 0. The first-order valence-corrected chi connectivity index (χ1v) is 11.0. The van der Waals surface area contributed by atoms with Crippen LogP contribution in [-0.2, 0) is 17.8 Å². The van der Waals surface area contributed by atoms with E-state index in [1.54, 1.807) is 24.8 Å². The van der Waals surface area contributed by atoms with Gasteiger partial charge in [-0.05, 0) is 60.2 Å². The highest BCUT2D eigenvalue weighted by molar-refractivity contribution is 5.92. The second kappa shape index (κ2) is 10.2. The zero-order valence-corrected chi connectivity index (χ0v) is 19.2. The predicted octanol–water partition coefficient (Wildman–Crippen LogP) is 3.11. The molecule has 1 aromatic carbocycles. The fourth-order valence-corrected chi connectivity index (χ4v) is 3.91. The number of aromatic nitrogens is 6. The molecule has 10 nitrogen and oxygen atoms in total. The smallest absolute Gasteiger partial charge is 0.426 e. The summed E-state index contributed by atoms with van der Waals surface area (Å²) < 4.78 is 47.5. The molecule has 0 spiro atoms. The monoisotopic (exact) mass is 491 g/mol. The second-order valence-electron chi connectivity index (χ2n) is 8.30. The average molecular weight is 491 g/mol. The van der Waals surface area contributed by atoms with Gasteiger partial charge < -0.3 is 14.1 Å². The molecular weight excluding hydrogens is 467 g/mol. The Bertz CT molecular complexity index is 1200. The van der Waals surface area contributed by atoms with Gasteiger partial charge in [-0.1, -0.05) is 6.07 Å². The Kier molecular flexibility index (Phi) is 7.12. The third-order valence-corrected chi connectivity index (χ3v) is 5.58. The maximum absolute atomic E-state index is 12.8. The van der Waals surface area contributed by atoms with E-state index in [-0.39, 0.29) is 18.2 Å². The van der Waals surface area contributed by atoms with Gasteiger partial charge in [0.25, 0.3) is 0 Å². The van der Waals surface area contributed by atoms with E-state index < -0.39 is 6.36 Å². The van der Waals surface area contributed by atoms with E-state index in [0.717, 1.165) is 12.8 Å². The van der Waals surface area contributed by atoms with E-state index in [1.807, 2.05) is 0 Å². The molecule has 0 N–H and O–H groups in total. The van der Waals surface area contributed by atoms with Gasteiger partial charge in [-0.3, -0.25) is 4.79 Å². The number of hydrogen-bond donors (Lipinski definition) is 0. The number of carbonyl (C=O) groups is 1. The van der Waals surface area contributed by atoms with Crippen LogP contribution in [0.2, 0.25) is 0 Å². The molecule has 13 heteroatoms. The number of tetrazole rings is 1. The highest BCUT2D eigenvalue weighted by Gasteiger charge is 2.31. The first-order chi connectivity index (χ1) is 16.6. The van der Waals surface area contributed by atoms with Crippen LogP contribution in [0.4, 0.5) is 13.2 Å². The molecule has 0 unspecified atom stereocenters. The van der Waals surface area contributed by atoms with Gasteiger partial charge in [0.2, 0.25) is 17.7 Å². The number of alkyl halides is 3. The summed E-state index contributed by atoms with van der Waals surface area (Å²) in [6.07, 6.45) is 0.489. The maximum atomic E-state index is 12.8. The van der Waals surface area contributed by atoms with Crippen molar-refractivity contribution < 1.29 is 27.1 Å². The van der Waals surface area contributed by atoms with Crippen LogP contribution in [0.1, 0.15) is 41.6 Å². The number of hydrogen-bond acceptors (Lipinski definition) is 8. The third-order valence-electron chi connectivity index (χ3n) is 5.58. The fraction of sp³-hybridized carbons (Fsp3) is 0.455. The summed E-state index contributed by atoms with van der Waals surface area (Å²) in [4.78, 5) is 15.8. The minimum atomic E-state index is -4.82. The lowest BCUT2D eigenvalue weighted by Crippen LogP contribution is -2.38. The summed E-state index contributed by atoms with van der Waals surface area (Å²) in [6, 6.07) is 3.91. The number of ether oxygens (including phenoxy) is 1. The predicted molar refractivity (Wildman–Crippen MR) is 116 cm³/mol. The second-order valence-corrected chi connectivity index (χ2v) is 8.30. The van der Waals surface area contributed by atoms with Gasteiger partial charge in [0.15, 0.2) is 5.82 Å². The van der Waals surface area contributed by atoms with Crippen molar-refractivity contribution in [2.45, 2.75) is 46.0 Å². The number of piperidine rings is 1. The van der Waals surface area contributed by atoms with Crippen LogP contribution in [0.3, 0.4) is 0 Å². The van der Waals surface area contributed by atoms with Gasteiger partial charge in [-0.25, -0.2) is 0 Å². The topological polar surface area (TPSA) is 112 Å². The molecule has 3 heterocycles. The zero-order chi connectivity index (χ0) is 25.0. The third kappa shape index (κ3) is 6.87. The number of amides is 1. The number of rotatable bonds is 7. The highest BCUT2D eigenvalue weighted by Crippen LogP contribution is 2.26. The van der Waals surface area contributed by atoms with Gasteiger partial charge >= 0.3 is 6.36 Å². The van der Waals surface area contributed by atoms with E-state index in [4.69, 9.17) is 4.42 Å². The molecule has 3 aromatic rings. The largest absolute Gasteiger partial charge is 0.573 e. The Hall–Kier alpha value is -3.77. The first-order valence-electron chi connectivity index (χ1n) is 11.0. The quantitative estimate of drug-likeness (QED) is 0.464. The van der Waals surface area contributed by atoms with Crippen molar-refractivity contribution >= 4 is 12.0 Å². The minimum Gasteiger partial charge on any atom is -0.426 e. The molecule has 1 fully saturated rings. The van der Waals surface area contributed by atoms with Crippen molar-refractivity contribution in [2.75, 3.05) is 13.1 Å². The SMILES string of the molecule is Cc1nnn(Cc2cc(OC(F)(F)F)ccc2C=CC(=O)N2CCC(Cc3nnc(C)o3)CC2)n1. The van der Waals surface area contributed by atoms with Crippen molar-refractivity contribution in [1.82, 2.24) is 35.3 Å². The average Bonchev–Trinajstić information content (AvgIpc) is 3.39. The molecule has 0 radical (unpaired) electrons. The van der Waals surface area contributed by atoms with Gasteiger partial charge in [0, 0.05) is 32.5 Å². The number of likely N-dealkylation sites (tertiary alicyclic amines) is 1. The summed E-state index contributed by atoms with van der Waals surface area (Å²) in [5.41, 5.74) is 0.992. The Morgan fingerprint density at radius 2 is 1.97 bits per heavy atom. The minimum absolute atomic E-state index is 0.0598. The molecule has 1 amide bonds. The number of nitrogens with zero attached hydrogens (tertiary/aromatic N) is 7. The Morgan fingerprint density at radius 1 is 1.20 bits per heavy atom. The molecule has 186 valence electrons. The Balaban J connectivity index is 1.41. The standard InChI is InChI=1S/C22H24F3N7O3/c1-14-26-30-32(29-14)13-18-12-19(35-22(23,24)25)5-3-17(18)4-6-21(33)31-9-7-16(8-10-31)11-20-28-27-15(2)34-20/h3-6,12,16H,7-11,13H2,1-2H3. The summed E-state index contributed by atoms with van der Waals surface area (Å²) in [5, 5.41) is 19.6. The van der Waals surface area contributed by atoms with Gasteiger partial charge in [0.1, 0.15) is 5.75 Å². The van der Waals surface area contributed by atoms with Crippen molar-refractivity contribution in [1.29, 1.82) is 0 Å². The van der Waals surface area contributed by atoms with Gasteiger partial charge in [0.05, 0.1) is 6.54 Å². The number of carbonyl (C=O) groups excluding carboxylic acids is 1. The van der Waals surface area contributed by atoms with Gasteiger partial charge in [-0.15, -0.1) is 33.6 Å². The summed E-state index contributed by atoms with van der Waals surface area (Å²) in [5.74, 6) is 1.38. The number of halogens is 3. The van der Waals surface area contributed by atoms with E-state index in [2.05, 4.69) is 30.3 Å². The van der Waals surface area contributed by atoms with E-state index in [9.17, 15) is 18.0 Å². The first kappa shape index (κ1) is 24.4. The molecule has 1 aliphatic rings. The number of benzene rings is 1. The maximum Gasteiger partial charge on any atom is 0.573 e. The molecule has 2 aromatic heterocycles. The highest BCUT2D eigenvalue weighted by atomic mass is 19.4. The lowest BCUT2D eigenvalue weighted by Gasteiger charge is -2.30. The molecular formula is C22H24F3N7O3. The fourth-order valence-electron chi connectivity index (χ4n) is 3.91. The molecule has 35 heavy (non-hydrogen) atoms. The molecule has 1 aliphatic heterocycles. The Labute approximate surface area is 198 Å². The van der Waals surface area contributed by atoms with Crippen LogP contribution in [0.25, 0.3) is 6.08 Å². The van der Waals surface area contributed by atoms with Gasteiger partial charge in [-0.2, -0.15) is 4.80 Å². The van der Waals surface area contributed by atoms with Crippen molar-refractivity contribution in [3.8, 4) is 5.75 Å². The van der Waals surface area contributed by atoms with E-state index >= 15 is 0 Å². The van der Waals surface area contributed by atoms with E-state index in [0.29, 0.717) is 54.2 Å². The molecule has 0 saturated carbocycles. The van der Waals surface area contributed by atoms with Crippen LogP contribution in [0, 0.1) is 19.8 Å². The zero-order valence-electron chi connectivity index (χ0n) is 19.2. The molecule has 0 bridgehead atoms. The van der Waals surface area contributed by atoms with Crippen LogP contribution >= 0.6 is 0 Å². The van der Waals surface area contributed by atoms with Crippen LogP contribution in [0.5, 0.6) is 5.75 Å². The van der Waals surface area contributed by atoms with Crippen molar-refractivity contribution in [3.63, 3.8) is 0 Å². The number of aryl methyl sites for hydroxylation is 2. The van der Waals surface area contributed by atoms with Crippen molar-refractivity contribution in [3.05, 3.63) is 53.0 Å². The summed E-state index contributed by atoms with van der Waals surface area (Å²) in [7, 11) is 0. The summed E-state index contributed by atoms with van der Waals surface area (Å²) in [6.45, 7) is 4.64. The van der Waals surface area contributed by atoms with Crippen LogP contribution in [0.15, 0.2) is 28.7 Å². The molecule has 4 rings (SSSR count). The molecule has 1 saturated heterocycles. The van der Waals surface area contributed by atoms with Crippen molar-refractivity contribution in [2.24, 2.45) is 5.92 Å². The molecule has 0 aliphatic carbocycles.